The fraction of sp³-hybridized carbons (Fsp3) is 0.448. The number of nitrogens with one attached hydrogen (secondary N) is 3. The van der Waals surface area contributed by atoms with E-state index in [1.807, 2.05) is 36.6 Å². The molecule has 0 aliphatic heterocycles. The predicted molar refractivity (Wildman–Crippen MR) is 152 cm³/mol. The SMILES string of the molecule is C=C/C(=C\C(=C)C(C)C)NC(=O)Nc1cccc([C@H](C)NC(C)C=N/C(=C/N(C)CC)C(C)C)c1. The van der Waals surface area contributed by atoms with Crippen molar-refractivity contribution >= 4 is 17.9 Å². The van der Waals surface area contributed by atoms with Crippen molar-refractivity contribution in [2.45, 2.75) is 60.5 Å². The Morgan fingerprint density at radius 2 is 1.83 bits per heavy atom. The summed E-state index contributed by atoms with van der Waals surface area (Å²) in [5.41, 5.74) is 4.38. The van der Waals surface area contributed by atoms with E-state index < -0.39 is 0 Å². The highest BCUT2D eigenvalue weighted by Crippen LogP contribution is 2.18. The Bertz CT molecular complexity index is 942. The Hall–Kier alpha value is -3.12. The van der Waals surface area contributed by atoms with Crippen molar-refractivity contribution in [2.75, 3.05) is 18.9 Å². The molecule has 35 heavy (non-hydrogen) atoms. The first kappa shape index (κ1) is 29.9. The quantitative estimate of drug-likeness (QED) is 0.219. The van der Waals surface area contributed by atoms with E-state index in [-0.39, 0.29) is 18.1 Å². The van der Waals surface area contributed by atoms with Crippen LogP contribution in [0, 0.1) is 11.8 Å². The Morgan fingerprint density at radius 1 is 1.14 bits per heavy atom. The zero-order valence-corrected chi connectivity index (χ0v) is 22.9. The molecule has 0 saturated carbocycles. The number of rotatable bonds is 13. The van der Waals surface area contributed by atoms with Crippen molar-refractivity contribution < 1.29 is 4.79 Å². The van der Waals surface area contributed by atoms with Crippen LogP contribution in [0.1, 0.15) is 60.1 Å². The van der Waals surface area contributed by atoms with E-state index in [0.29, 0.717) is 23.2 Å². The first-order chi connectivity index (χ1) is 16.5. The van der Waals surface area contributed by atoms with E-state index in [9.17, 15) is 4.79 Å². The molecule has 0 bridgehead atoms. The minimum absolute atomic E-state index is 0.0732. The van der Waals surface area contributed by atoms with Gasteiger partial charge in [0.15, 0.2) is 0 Å². The van der Waals surface area contributed by atoms with Crippen LogP contribution in [0.25, 0.3) is 0 Å². The molecule has 2 amide bonds. The number of hydrogen-bond donors (Lipinski definition) is 3. The van der Waals surface area contributed by atoms with Crippen LogP contribution in [0.3, 0.4) is 0 Å². The van der Waals surface area contributed by atoms with Gasteiger partial charge in [-0.1, -0.05) is 58.6 Å². The Kier molecular flexibility index (Phi) is 12.8. The maximum atomic E-state index is 12.5. The highest BCUT2D eigenvalue weighted by atomic mass is 16.2. The number of hydrogen-bond acceptors (Lipinski definition) is 4. The zero-order valence-electron chi connectivity index (χ0n) is 22.9. The number of carbonyl (C=O) groups excluding carboxylic acids is 1. The third kappa shape index (κ3) is 11.2. The molecule has 0 aliphatic carbocycles. The molecule has 0 fully saturated rings. The maximum Gasteiger partial charge on any atom is 0.323 e. The number of carbonyl (C=O) groups is 1. The molecule has 1 aromatic rings. The van der Waals surface area contributed by atoms with Gasteiger partial charge in [-0.15, -0.1) is 0 Å². The zero-order chi connectivity index (χ0) is 26.5. The summed E-state index contributed by atoms with van der Waals surface area (Å²) in [6.07, 6.45) is 7.50. The highest BCUT2D eigenvalue weighted by Gasteiger charge is 2.11. The minimum Gasteiger partial charge on any atom is -0.379 e. The van der Waals surface area contributed by atoms with Crippen LogP contribution in [0.4, 0.5) is 10.5 Å². The van der Waals surface area contributed by atoms with Gasteiger partial charge in [0.25, 0.3) is 0 Å². The summed E-state index contributed by atoms with van der Waals surface area (Å²) >= 11 is 0. The summed E-state index contributed by atoms with van der Waals surface area (Å²) in [5.74, 6) is 0.636. The monoisotopic (exact) mass is 479 g/mol. The molecule has 0 heterocycles. The minimum atomic E-state index is -0.323. The molecule has 1 unspecified atom stereocenters. The Balaban J connectivity index is 2.81. The fourth-order valence-electron chi connectivity index (χ4n) is 3.07. The summed E-state index contributed by atoms with van der Waals surface area (Å²) in [5, 5.41) is 9.29. The van der Waals surface area contributed by atoms with Gasteiger partial charge in [0.2, 0.25) is 0 Å². The number of allylic oxidation sites excluding steroid dienone is 4. The molecule has 192 valence electrons. The lowest BCUT2D eigenvalue weighted by Gasteiger charge is -2.19. The van der Waals surface area contributed by atoms with E-state index in [0.717, 1.165) is 23.4 Å². The fourth-order valence-corrected chi connectivity index (χ4v) is 3.07. The van der Waals surface area contributed by atoms with E-state index in [4.69, 9.17) is 4.99 Å². The van der Waals surface area contributed by atoms with Gasteiger partial charge in [0.1, 0.15) is 0 Å². The molecule has 0 aliphatic rings. The second-order valence-corrected chi connectivity index (χ2v) is 9.48. The lowest BCUT2D eigenvalue weighted by atomic mass is 10.0. The molecule has 6 nitrogen and oxygen atoms in total. The second kappa shape index (κ2) is 15.0. The van der Waals surface area contributed by atoms with Crippen molar-refractivity contribution in [3.63, 3.8) is 0 Å². The number of anilines is 1. The van der Waals surface area contributed by atoms with Gasteiger partial charge < -0.3 is 20.9 Å². The number of benzene rings is 1. The highest BCUT2D eigenvalue weighted by molar-refractivity contribution is 5.90. The van der Waals surface area contributed by atoms with Crippen LogP contribution in [0.15, 0.2) is 77.7 Å². The Labute approximate surface area is 213 Å². The van der Waals surface area contributed by atoms with E-state index >= 15 is 0 Å². The van der Waals surface area contributed by atoms with Crippen LogP contribution >= 0.6 is 0 Å². The maximum absolute atomic E-state index is 12.5. The first-order valence-electron chi connectivity index (χ1n) is 12.4. The average molecular weight is 480 g/mol. The van der Waals surface area contributed by atoms with Crippen LogP contribution in [0.5, 0.6) is 0 Å². The average Bonchev–Trinajstić information content (AvgIpc) is 2.80. The molecule has 1 aromatic carbocycles. The van der Waals surface area contributed by atoms with E-state index in [1.165, 1.54) is 0 Å². The third-order valence-corrected chi connectivity index (χ3v) is 5.61. The molecule has 0 aromatic heterocycles. The van der Waals surface area contributed by atoms with Crippen molar-refractivity contribution in [2.24, 2.45) is 16.8 Å². The van der Waals surface area contributed by atoms with Gasteiger partial charge in [0.05, 0.1) is 5.70 Å². The van der Waals surface area contributed by atoms with Gasteiger partial charge in [-0.05, 0) is 62.5 Å². The van der Waals surface area contributed by atoms with Crippen LogP contribution < -0.4 is 16.0 Å². The summed E-state index contributed by atoms with van der Waals surface area (Å²) in [6.45, 7) is 23.5. The van der Waals surface area contributed by atoms with Crippen molar-refractivity contribution in [1.82, 2.24) is 15.5 Å². The number of urea groups is 1. The predicted octanol–water partition coefficient (Wildman–Crippen LogP) is 6.65. The standard InChI is InChI=1S/C29H45N5O/c1-11-26(16-22(7)20(3)4)32-29(35)33-27-15-13-14-25(17-27)24(9)31-23(8)18-30-28(21(5)6)19-34(10)12-2/h11,13-21,23-24,31H,1,7,12H2,2-6,8-10H3,(H2,32,33,35)/b26-16+,28-19+,30-18?/t23?,24-/m0/s1. The second-order valence-electron chi connectivity index (χ2n) is 9.48. The lowest BCUT2D eigenvalue weighted by Crippen LogP contribution is -2.30. The molecular weight excluding hydrogens is 434 g/mol. The van der Waals surface area contributed by atoms with Crippen LogP contribution in [-0.4, -0.2) is 36.8 Å². The molecule has 0 saturated heterocycles. The summed E-state index contributed by atoms with van der Waals surface area (Å²) in [6, 6.07) is 7.65. The van der Waals surface area contributed by atoms with Crippen molar-refractivity contribution in [3.05, 3.63) is 78.3 Å². The molecule has 0 radical (unpaired) electrons. The van der Waals surface area contributed by atoms with Crippen molar-refractivity contribution in [1.29, 1.82) is 0 Å². The molecular formula is C29H45N5O. The summed E-state index contributed by atoms with van der Waals surface area (Å²) in [7, 11) is 2.06. The van der Waals surface area contributed by atoms with E-state index in [2.05, 4.69) is 95.7 Å². The van der Waals surface area contributed by atoms with Gasteiger partial charge in [-0.2, -0.15) is 0 Å². The lowest BCUT2D eigenvalue weighted by molar-refractivity contribution is 0.254. The molecule has 0 spiro atoms. The van der Waals surface area contributed by atoms with Crippen molar-refractivity contribution in [3.8, 4) is 0 Å². The summed E-state index contributed by atoms with van der Waals surface area (Å²) in [4.78, 5) is 19.4. The van der Waals surface area contributed by atoms with Gasteiger partial charge in [-0.25, -0.2) is 4.79 Å². The smallest absolute Gasteiger partial charge is 0.323 e. The van der Waals surface area contributed by atoms with Gasteiger partial charge in [0, 0.05) is 49.5 Å². The normalized spacial score (nSPS) is 14.2. The first-order valence-corrected chi connectivity index (χ1v) is 12.4. The van der Waals surface area contributed by atoms with Crippen LogP contribution in [-0.2, 0) is 0 Å². The van der Waals surface area contributed by atoms with Crippen LogP contribution in [0.2, 0.25) is 0 Å². The Morgan fingerprint density at radius 3 is 2.40 bits per heavy atom. The number of nitrogens with zero attached hydrogens (tertiary/aromatic N) is 2. The van der Waals surface area contributed by atoms with E-state index in [1.54, 1.807) is 6.08 Å². The molecule has 6 heteroatoms. The number of aliphatic imine (C=N–C) groups is 1. The van der Waals surface area contributed by atoms with Gasteiger partial charge >= 0.3 is 6.03 Å². The largest absolute Gasteiger partial charge is 0.379 e. The number of amides is 2. The molecule has 3 N–H and O–H groups in total. The molecule has 2 atom stereocenters. The molecule has 1 rings (SSSR count). The summed E-state index contributed by atoms with van der Waals surface area (Å²) < 4.78 is 0. The van der Waals surface area contributed by atoms with Gasteiger partial charge in [-0.3, -0.25) is 4.99 Å². The third-order valence-electron chi connectivity index (χ3n) is 5.61. The topological polar surface area (TPSA) is 68.8 Å².